The van der Waals surface area contributed by atoms with Crippen molar-refractivity contribution in [2.24, 2.45) is 0 Å². The van der Waals surface area contributed by atoms with Crippen LogP contribution in [0.2, 0.25) is 0 Å². The molecule has 13 heavy (non-hydrogen) atoms. The Bertz CT molecular complexity index is 267. The van der Waals surface area contributed by atoms with Crippen LogP contribution in [0.3, 0.4) is 0 Å². The second-order valence-electron chi connectivity index (χ2n) is 2.45. The van der Waals surface area contributed by atoms with Crippen molar-refractivity contribution >= 4 is 11.7 Å². The average molecular weight is 184 g/mol. The molecule has 0 aliphatic rings. The molecule has 1 unspecified atom stereocenters. The molecule has 72 valence electrons. The molecule has 5 nitrogen and oxygen atoms in total. The lowest BCUT2D eigenvalue weighted by molar-refractivity contribution is -0.141. The zero-order valence-electron chi connectivity index (χ0n) is 7.65. The number of aliphatic hydroxyl groups is 1. The summed E-state index contributed by atoms with van der Waals surface area (Å²) in [4.78, 5) is 13.7. The molecule has 1 atom stereocenters. The summed E-state index contributed by atoms with van der Waals surface area (Å²) in [7, 11) is 0. The van der Waals surface area contributed by atoms with E-state index in [0.29, 0.717) is 5.57 Å². The minimum Gasteiger partial charge on any atom is -0.457 e. The van der Waals surface area contributed by atoms with Gasteiger partial charge < -0.3 is 15.4 Å². The van der Waals surface area contributed by atoms with Gasteiger partial charge in [-0.1, -0.05) is 6.58 Å². The van der Waals surface area contributed by atoms with Gasteiger partial charge in [0.15, 0.2) is 6.10 Å². The van der Waals surface area contributed by atoms with E-state index in [1.807, 2.05) is 0 Å². The van der Waals surface area contributed by atoms with Crippen molar-refractivity contribution in [3.63, 3.8) is 0 Å². The first-order chi connectivity index (χ1) is 6.04. The molecule has 1 N–H and O–H groups in total. The van der Waals surface area contributed by atoms with Crippen molar-refractivity contribution in [1.29, 1.82) is 0 Å². The largest absolute Gasteiger partial charge is 0.457 e. The first kappa shape index (κ1) is 11.6. The van der Waals surface area contributed by atoms with Gasteiger partial charge in [0.25, 0.3) is 0 Å². The molecule has 0 radical (unpaired) electrons. The summed E-state index contributed by atoms with van der Waals surface area (Å²) in [5, 5.41) is 9.29. The Morgan fingerprint density at radius 2 is 2.31 bits per heavy atom. The molecule has 0 bridgehead atoms. The summed E-state index contributed by atoms with van der Waals surface area (Å²) in [6.07, 6.45) is -1.29. The first-order valence-corrected chi connectivity index (χ1v) is 3.77. The number of hydrogen-bond acceptors (Lipinski definition) is 3. The quantitative estimate of drug-likeness (QED) is 0.222. The summed E-state index contributed by atoms with van der Waals surface area (Å²) < 4.78 is 4.54. The molecule has 5 heteroatoms. The second-order valence-corrected chi connectivity index (χ2v) is 2.45. The van der Waals surface area contributed by atoms with Gasteiger partial charge in [-0.25, -0.2) is 4.79 Å². The summed E-state index contributed by atoms with van der Waals surface area (Å²) in [6, 6.07) is 0. The molecule has 0 rings (SSSR count). The van der Waals surface area contributed by atoms with Crippen LogP contribution < -0.4 is 0 Å². The first-order valence-electron chi connectivity index (χ1n) is 3.77. The third-order valence-corrected chi connectivity index (χ3v) is 1.32. The van der Waals surface area contributed by atoms with Gasteiger partial charge in [-0.3, -0.25) is 0 Å². The van der Waals surface area contributed by atoms with Crippen LogP contribution in [0.1, 0.15) is 13.8 Å². The highest BCUT2D eigenvalue weighted by Gasteiger charge is 2.31. The summed E-state index contributed by atoms with van der Waals surface area (Å²) in [6.45, 7) is 6.69. The summed E-state index contributed by atoms with van der Waals surface area (Å²) in [5.41, 5.74) is 8.29. The van der Waals surface area contributed by atoms with Gasteiger partial charge in [-0.2, -0.15) is 4.79 Å². The van der Waals surface area contributed by atoms with Gasteiger partial charge in [-0.15, -0.1) is 0 Å². The van der Waals surface area contributed by atoms with Crippen molar-refractivity contribution in [2.75, 3.05) is 6.61 Å². The maximum atomic E-state index is 11.0. The van der Waals surface area contributed by atoms with E-state index in [2.05, 4.69) is 16.1 Å². The van der Waals surface area contributed by atoms with Crippen LogP contribution in [0.4, 0.5) is 0 Å². The maximum absolute atomic E-state index is 11.0. The van der Waals surface area contributed by atoms with Crippen LogP contribution in [0.15, 0.2) is 12.2 Å². The van der Waals surface area contributed by atoms with Crippen LogP contribution in [-0.4, -0.2) is 34.3 Å². The van der Waals surface area contributed by atoms with E-state index in [1.165, 1.54) is 6.92 Å². The number of nitrogens with zero attached hydrogens (tertiary/aromatic N) is 2. The molecule has 0 amide bonds. The Morgan fingerprint density at radius 3 is 2.62 bits per heavy atom. The van der Waals surface area contributed by atoms with Gasteiger partial charge in [0.1, 0.15) is 0 Å². The average Bonchev–Trinajstić information content (AvgIpc) is 2.05. The fourth-order valence-corrected chi connectivity index (χ4v) is 0.646. The van der Waals surface area contributed by atoms with Crippen molar-refractivity contribution in [3.05, 3.63) is 17.7 Å². The molecule has 0 aromatic carbocycles. The topological polar surface area (TPSA) is 82.9 Å². The Kier molecular flexibility index (Phi) is 4.66. The van der Waals surface area contributed by atoms with E-state index in [4.69, 9.17) is 5.53 Å². The highest BCUT2D eigenvalue weighted by atomic mass is 16.5. The lowest BCUT2D eigenvalue weighted by Gasteiger charge is -2.03. The molecule has 0 aliphatic carbocycles. The molecule has 0 fully saturated rings. The van der Waals surface area contributed by atoms with Crippen LogP contribution in [0, 0.1) is 0 Å². The SMILES string of the molecule is C=C(C)C(O)C(=[N+]=[N-])C(=O)OCC. The molecule has 0 saturated carbocycles. The molecule has 0 aromatic heterocycles. The van der Waals surface area contributed by atoms with Crippen LogP contribution in [0.5, 0.6) is 0 Å². The van der Waals surface area contributed by atoms with Crippen molar-refractivity contribution in [1.82, 2.24) is 0 Å². The van der Waals surface area contributed by atoms with Crippen LogP contribution >= 0.6 is 0 Å². The third-order valence-electron chi connectivity index (χ3n) is 1.32. The van der Waals surface area contributed by atoms with Gasteiger partial charge in [-0.05, 0) is 19.4 Å². The minimum absolute atomic E-state index is 0.154. The van der Waals surface area contributed by atoms with Crippen LogP contribution in [-0.2, 0) is 9.53 Å². The molecular weight excluding hydrogens is 172 g/mol. The fraction of sp³-hybridized carbons (Fsp3) is 0.500. The Morgan fingerprint density at radius 1 is 1.77 bits per heavy atom. The van der Waals surface area contributed by atoms with E-state index in [0.717, 1.165) is 0 Å². The Balaban J connectivity index is 4.63. The standard InChI is InChI=1S/C8H12N2O3/c1-4-13-8(12)6(10-9)7(11)5(2)3/h7,11H,2,4H2,1,3H3. The van der Waals surface area contributed by atoms with Crippen LogP contribution in [0.25, 0.3) is 5.53 Å². The number of aliphatic hydroxyl groups excluding tert-OH is 1. The highest BCUT2D eigenvalue weighted by Crippen LogP contribution is 2.00. The fourth-order valence-electron chi connectivity index (χ4n) is 0.646. The number of carbonyl (C=O) groups excluding carboxylic acids is 1. The molecule has 0 aromatic rings. The normalized spacial score (nSPS) is 11.3. The smallest absolute Gasteiger partial charge is 0.420 e. The van der Waals surface area contributed by atoms with E-state index in [1.54, 1.807) is 6.92 Å². The Hall–Kier alpha value is -1.45. The van der Waals surface area contributed by atoms with Crippen molar-refractivity contribution < 1.29 is 19.4 Å². The number of esters is 1. The monoisotopic (exact) mass is 184 g/mol. The maximum Gasteiger partial charge on any atom is 0.420 e. The molecule has 0 aliphatic heterocycles. The molecule has 0 saturated heterocycles. The predicted molar refractivity (Wildman–Crippen MR) is 46.1 cm³/mol. The van der Waals surface area contributed by atoms with E-state index < -0.39 is 17.8 Å². The van der Waals surface area contributed by atoms with Gasteiger partial charge in [0.2, 0.25) is 0 Å². The lowest BCUT2D eigenvalue weighted by atomic mass is 10.1. The Labute approximate surface area is 76.3 Å². The van der Waals surface area contributed by atoms with E-state index in [9.17, 15) is 9.90 Å². The highest BCUT2D eigenvalue weighted by molar-refractivity contribution is 6.36. The van der Waals surface area contributed by atoms with Crippen molar-refractivity contribution in [2.45, 2.75) is 20.0 Å². The summed E-state index contributed by atoms with van der Waals surface area (Å²) in [5.74, 6) is -0.847. The third kappa shape index (κ3) is 3.19. The summed E-state index contributed by atoms with van der Waals surface area (Å²) >= 11 is 0. The number of hydrogen-bond donors (Lipinski definition) is 1. The minimum atomic E-state index is -1.29. The van der Waals surface area contributed by atoms with Gasteiger partial charge in [0.05, 0.1) is 6.61 Å². The zero-order chi connectivity index (χ0) is 10.4. The predicted octanol–water partition coefficient (Wildman–Crippen LogP) is 0.157. The zero-order valence-corrected chi connectivity index (χ0v) is 7.65. The van der Waals surface area contributed by atoms with Gasteiger partial charge in [0, 0.05) is 0 Å². The number of carbonyl (C=O) groups is 1. The second kappa shape index (κ2) is 5.24. The molecular formula is C8H12N2O3. The van der Waals surface area contributed by atoms with Crippen molar-refractivity contribution in [3.8, 4) is 0 Å². The lowest BCUT2D eigenvalue weighted by Crippen LogP contribution is -2.31. The van der Waals surface area contributed by atoms with Gasteiger partial charge >= 0.3 is 11.7 Å². The molecule has 0 spiro atoms. The number of rotatable bonds is 4. The number of ether oxygens (including phenoxy) is 1. The van der Waals surface area contributed by atoms with E-state index >= 15 is 0 Å². The molecule has 0 heterocycles. The van der Waals surface area contributed by atoms with E-state index in [-0.39, 0.29) is 6.61 Å².